The number of carbonyl (C=O) groups is 3. The number of Topliss-reactive ketones (excluding diaryl/α,β-unsaturated/α-hetero) is 1. The second-order valence-electron chi connectivity index (χ2n) is 6.06. The zero-order valence-corrected chi connectivity index (χ0v) is 13.9. The number of hydrogen-bond donors (Lipinski definition) is 2. The minimum absolute atomic E-state index is 0.00465. The molecule has 6 nitrogen and oxygen atoms in total. The maximum atomic E-state index is 12.1. The fourth-order valence-electron chi connectivity index (χ4n) is 2.80. The third kappa shape index (κ3) is 4.68. The molecule has 1 aliphatic rings. The van der Waals surface area contributed by atoms with Gasteiger partial charge in [-0.15, -0.1) is 0 Å². The van der Waals surface area contributed by atoms with E-state index in [1.165, 1.54) is 0 Å². The van der Waals surface area contributed by atoms with Gasteiger partial charge in [0.05, 0.1) is 24.9 Å². The first-order valence-corrected chi connectivity index (χ1v) is 7.73. The van der Waals surface area contributed by atoms with Crippen LogP contribution in [0.4, 0.5) is 0 Å². The van der Waals surface area contributed by atoms with Crippen LogP contribution in [0.5, 0.6) is 0 Å². The van der Waals surface area contributed by atoms with Gasteiger partial charge in [-0.05, 0) is 51.2 Å². The Morgan fingerprint density at radius 2 is 2.00 bits per heavy atom. The minimum atomic E-state index is -1.02. The molecule has 23 heavy (non-hydrogen) atoms. The van der Waals surface area contributed by atoms with E-state index in [0.29, 0.717) is 18.5 Å². The first-order chi connectivity index (χ1) is 10.7. The lowest BCUT2D eigenvalue weighted by molar-refractivity contribution is -0.147. The van der Waals surface area contributed by atoms with Gasteiger partial charge in [0.25, 0.3) is 0 Å². The summed E-state index contributed by atoms with van der Waals surface area (Å²) in [5, 5.41) is 8.50. The van der Waals surface area contributed by atoms with Crippen LogP contribution in [0.15, 0.2) is 23.4 Å². The molecule has 6 heteroatoms. The van der Waals surface area contributed by atoms with E-state index in [9.17, 15) is 14.4 Å². The fourth-order valence-corrected chi connectivity index (χ4v) is 2.80. The summed E-state index contributed by atoms with van der Waals surface area (Å²) in [7, 11) is 0. The summed E-state index contributed by atoms with van der Waals surface area (Å²) in [5.41, 5.74) is 6.79. The molecule has 0 bridgehead atoms. The average Bonchev–Trinajstić information content (AvgIpc) is 2.48. The largest absolute Gasteiger partial charge is 0.481 e. The Kier molecular flexibility index (Phi) is 6.54. The zero-order valence-electron chi connectivity index (χ0n) is 13.9. The molecule has 0 aliphatic heterocycles. The number of allylic oxidation sites excluding steroid dienone is 3. The van der Waals surface area contributed by atoms with E-state index in [1.54, 1.807) is 6.92 Å². The van der Waals surface area contributed by atoms with Crippen molar-refractivity contribution < 1.29 is 24.2 Å². The van der Waals surface area contributed by atoms with Crippen molar-refractivity contribution in [3.8, 4) is 0 Å². The lowest BCUT2D eigenvalue weighted by Crippen LogP contribution is -2.38. The van der Waals surface area contributed by atoms with Crippen molar-refractivity contribution in [1.82, 2.24) is 0 Å². The Bertz CT molecular complexity index is 549. The summed E-state index contributed by atoms with van der Waals surface area (Å²) >= 11 is 0. The van der Waals surface area contributed by atoms with Gasteiger partial charge in [-0.1, -0.05) is 6.08 Å². The second-order valence-corrected chi connectivity index (χ2v) is 6.06. The van der Waals surface area contributed by atoms with Crippen LogP contribution >= 0.6 is 0 Å². The standard InChI is InChI=1S/C17H25NO5/c1-11-14(18)7-6-13(17(11,3)12(2)19)5-4-10-23-16(22)9-8-15(20)21/h6-7,13H,4-5,8-10,18H2,1-3H3,(H,20,21)/t13?,17-/m0/s1. The Hall–Kier alpha value is -2.11. The van der Waals surface area contributed by atoms with Crippen LogP contribution in [-0.4, -0.2) is 29.4 Å². The van der Waals surface area contributed by atoms with Gasteiger partial charge in [0.1, 0.15) is 5.78 Å². The van der Waals surface area contributed by atoms with Crippen molar-refractivity contribution in [2.75, 3.05) is 6.61 Å². The van der Waals surface area contributed by atoms with Gasteiger partial charge in [-0.2, -0.15) is 0 Å². The van der Waals surface area contributed by atoms with Crippen molar-refractivity contribution in [3.63, 3.8) is 0 Å². The molecule has 1 aliphatic carbocycles. The highest BCUT2D eigenvalue weighted by molar-refractivity contribution is 5.86. The Morgan fingerprint density at radius 3 is 2.57 bits per heavy atom. The van der Waals surface area contributed by atoms with Crippen LogP contribution in [0.1, 0.15) is 46.5 Å². The molecule has 0 fully saturated rings. The van der Waals surface area contributed by atoms with E-state index in [-0.39, 0.29) is 31.1 Å². The third-order valence-corrected chi connectivity index (χ3v) is 4.66. The molecular formula is C17H25NO5. The molecule has 0 amide bonds. The lowest BCUT2D eigenvalue weighted by atomic mass is 9.65. The van der Waals surface area contributed by atoms with Crippen LogP contribution in [-0.2, 0) is 19.1 Å². The maximum Gasteiger partial charge on any atom is 0.306 e. The Labute approximate surface area is 136 Å². The smallest absolute Gasteiger partial charge is 0.306 e. The van der Waals surface area contributed by atoms with Crippen molar-refractivity contribution in [3.05, 3.63) is 23.4 Å². The summed E-state index contributed by atoms with van der Waals surface area (Å²) in [5.74, 6) is -1.47. The quantitative estimate of drug-likeness (QED) is 0.524. The van der Waals surface area contributed by atoms with E-state index in [4.69, 9.17) is 15.6 Å². The Morgan fingerprint density at radius 1 is 1.35 bits per heavy atom. The monoisotopic (exact) mass is 323 g/mol. The number of rotatable bonds is 8. The highest BCUT2D eigenvalue weighted by Gasteiger charge is 2.41. The second kappa shape index (κ2) is 7.94. The molecule has 0 aromatic heterocycles. The first kappa shape index (κ1) is 18.9. The number of carboxylic acids is 1. The molecule has 2 atom stereocenters. The van der Waals surface area contributed by atoms with Crippen LogP contribution in [0, 0.1) is 11.3 Å². The molecule has 0 spiro atoms. The van der Waals surface area contributed by atoms with E-state index < -0.39 is 17.4 Å². The number of carbonyl (C=O) groups excluding carboxylic acids is 2. The summed E-state index contributed by atoms with van der Waals surface area (Å²) < 4.78 is 5.01. The highest BCUT2D eigenvalue weighted by atomic mass is 16.5. The molecule has 0 saturated carbocycles. The molecule has 0 saturated heterocycles. The number of nitrogens with two attached hydrogens (primary N) is 1. The maximum absolute atomic E-state index is 12.1. The molecule has 3 N–H and O–H groups in total. The van der Waals surface area contributed by atoms with Crippen molar-refractivity contribution in [1.29, 1.82) is 0 Å². The number of hydrogen-bond acceptors (Lipinski definition) is 5. The topological polar surface area (TPSA) is 107 Å². The number of aliphatic carboxylic acids is 1. The van der Waals surface area contributed by atoms with Gasteiger partial charge < -0.3 is 15.6 Å². The number of ether oxygens (including phenoxy) is 1. The lowest BCUT2D eigenvalue weighted by Gasteiger charge is -2.38. The highest BCUT2D eigenvalue weighted by Crippen LogP contribution is 2.43. The predicted octanol–water partition coefficient (Wildman–Crippen LogP) is 2.19. The van der Waals surface area contributed by atoms with Gasteiger partial charge >= 0.3 is 11.9 Å². The number of carboxylic acid groups (broad SMARTS) is 1. The average molecular weight is 323 g/mol. The van der Waals surface area contributed by atoms with Crippen LogP contribution in [0.25, 0.3) is 0 Å². The van der Waals surface area contributed by atoms with Crippen LogP contribution < -0.4 is 5.73 Å². The van der Waals surface area contributed by atoms with Gasteiger partial charge in [-0.3, -0.25) is 14.4 Å². The molecule has 0 radical (unpaired) electrons. The molecule has 0 aromatic carbocycles. The minimum Gasteiger partial charge on any atom is -0.481 e. The number of ketones is 1. The van der Waals surface area contributed by atoms with Crippen LogP contribution in [0.3, 0.4) is 0 Å². The van der Waals surface area contributed by atoms with Crippen molar-refractivity contribution >= 4 is 17.7 Å². The molecular weight excluding hydrogens is 298 g/mol. The molecule has 0 aromatic rings. The van der Waals surface area contributed by atoms with Gasteiger partial charge in [0, 0.05) is 5.70 Å². The molecule has 1 unspecified atom stereocenters. The number of esters is 1. The first-order valence-electron chi connectivity index (χ1n) is 7.73. The predicted molar refractivity (Wildman–Crippen MR) is 85.4 cm³/mol. The Balaban J connectivity index is 2.51. The van der Waals surface area contributed by atoms with E-state index in [1.807, 2.05) is 26.0 Å². The van der Waals surface area contributed by atoms with E-state index in [2.05, 4.69) is 0 Å². The van der Waals surface area contributed by atoms with Crippen molar-refractivity contribution in [2.45, 2.75) is 46.5 Å². The van der Waals surface area contributed by atoms with E-state index >= 15 is 0 Å². The summed E-state index contributed by atoms with van der Waals surface area (Å²) in [6.07, 6.45) is 4.70. The SMILES string of the molecule is CC(=O)[C@]1(C)C(C)=C(N)C=CC1CCCOC(=O)CCC(=O)O. The van der Waals surface area contributed by atoms with Gasteiger partial charge in [0.15, 0.2) is 0 Å². The molecule has 128 valence electrons. The normalized spacial score (nSPS) is 23.7. The van der Waals surface area contributed by atoms with Gasteiger partial charge in [-0.25, -0.2) is 0 Å². The fraction of sp³-hybridized carbons (Fsp3) is 0.588. The van der Waals surface area contributed by atoms with E-state index in [0.717, 1.165) is 5.57 Å². The van der Waals surface area contributed by atoms with Crippen molar-refractivity contribution in [2.24, 2.45) is 17.1 Å². The molecule has 1 rings (SSSR count). The summed E-state index contributed by atoms with van der Waals surface area (Å²) in [6.45, 7) is 5.55. The zero-order chi connectivity index (χ0) is 17.6. The summed E-state index contributed by atoms with van der Waals surface area (Å²) in [6, 6.07) is 0. The van der Waals surface area contributed by atoms with Crippen LogP contribution in [0.2, 0.25) is 0 Å². The molecule has 0 heterocycles. The summed E-state index contributed by atoms with van der Waals surface area (Å²) in [4.78, 5) is 33.8. The van der Waals surface area contributed by atoms with Gasteiger partial charge in [0.2, 0.25) is 0 Å². The third-order valence-electron chi connectivity index (χ3n) is 4.66.